The third-order valence-corrected chi connectivity index (χ3v) is 1.49. The van der Waals surface area contributed by atoms with Crippen molar-refractivity contribution in [3.8, 4) is 0 Å². The quantitative estimate of drug-likeness (QED) is 0.438. The second-order valence-electron chi connectivity index (χ2n) is 2.50. The first kappa shape index (κ1) is 6.53. The summed E-state index contributed by atoms with van der Waals surface area (Å²) in [5.74, 6) is 0.522. The van der Waals surface area contributed by atoms with Gasteiger partial charge in [-0.25, -0.2) is 4.39 Å². The molecule has 0 aliphatic heterocycles. The van der Waals surface area contributed by atoms with Crippen LogP contribution in [-0.2, 0) is 0 Å². The van der Waals surface area contributed by atoms with E-state index in [-0.39, 0.29) is 5.83 Å². The highest BCUT2D eigenvalue weighted by Crippen LogP contribution is 2.15. The highest BCUT2D eigenvalue weighted by atomic mass is 19.1. The average molecular weight is 126 g/mol. The summed E-state index contributed by atoms with van der Waals surface area (Å²) >= 11 is 0. The summed E-state index contributed by atoms with van der Waals surface area (Å²) in [7, 11) is 0. The van der Waals surface area contributed by atoms with Crippen LogP contribution in [0.4, 0.5) is 4.39 Å². The first-order chi connectivity index (χ1) is 4.29. The van der Waals surface area contributed by atoms with Crippen LogP contribution >= 0.6 is 0 Å². The van der Waals surface area contributed by atoms with Gasteiger partial charge in [0.05, 0.1) is 5.83 Å². The van der Waals surface area contributed by atoms with Gasteiger partial charge in [-0.1, -0.05) is 25.2 Å². The third-order valence-electron chi connectivity index (χ3n) is 1.49. The van der Waals surface area contributed by atoms with Gasteiger partial charge in [-0.15, -0.1) is 0 Å². The van der Waals surface area contributed by atoms with Crippen LogP contribution in [-0.4, -0.2) is 0 Å². The fourth-order valence-electron chi connectivity index (χ4n) is 0.889. The summed E-state index contributed by atoms with van der Waals surface area (Å²) < 4.78 is 12.4. The molecule has 0 aromatic heterocycles. The normalized spacial score (nSPS) is 27.3. The van der Waals surface area contributed by atoms with E-state index in [2.05, 4.69) is 13.0 Å². The van der Waals surface area contributed by atoms with Gasteiger partial charge >= 0.3 is 0 Å². The molecule has 0 fully saturated rings. The molecule has 1 heteroatoms. The molecule has 1 aliphatic carbocycles. The molecule has 1 aliphatic rings. The topological polar surface area (TPSA) is 0 Å². The average Bonchev–Trinajstić information content (AvgIpc) is 1.97. The minimum Gasteiger partial charge on any atom is -0.212 e. The smallest absolute Gasteiger partial charge is 0.0997 e. The summed E-state index contributed by atoms with van der Waals surface area (Å²) in [5.41, 5.74) is 0. The zero-order valence-electron chi connectivity index (χ0n) is 5.60. The maximum absolute atomic E-state index is 12.4. The molecule has 1 rings (SSSR count). The van der Waals surface area contributed by atoms with E-state index < -0.39 is 0 Å². The number of rotatable bonds is 0. The highest BCUT2D eigenvalue weighted by Gasteiger charge is 2.00. The zero-order chi connectivity index (χ0) is 6.69. The molecule has 0 nitrogen and oxygen atoms in total. The standard InChI is InChI=1S/C8H11F/c1-7-3-2-4-8(9)6-5-7/h2-3,6-7H,4-5H2,1H3. The Kier molecular flexibility index (Phi) is 2.04. The van der Waals surface area contributed by atoms with E-state index in [1.807, 2.05) is 6.08 Å². The van der Waals surface area contributed by atoms with Gasteiger partial charge in [-0.05, 0) is 12.3 Å². The molecular weight excluding hydrogens is 115 g/mol. The lowest BCUT2D eigenvalue weighted by molar-refractivity contribution is 0.610. The highest BCUT2D eigenvalue weighted by molar-refractivity contribution is 5.06. The van der Waals surface area contributed by atoms with Crippen LogP contribution < -0.4 is 0 Å². The molecule has 0 spiro atoms. The predicted molar refractivity (Wildman–Crippen MR) is 36.7 cm³/mol. The minimum absolute atomic E-state index is 0.00981. The monoisotopic (exact) mass is 126 g/mol. The molecule has 0 radical (unpaired) electrons. The van der Waals surface area contributed by atoms with Crippen molar-refractivity contribution in [3.63, 3.8) is 0 Å². The molecule has 1 atom stereocenters. The summed E-state index contributed by atoms with van der Waals surface area (Å²) in [6.45, 7) is 2.09. The summed E-state index contributed by atoms with van der Waals surface area (Å²) in [5, 5.41) is 0. The fraction of sp³-hybridized carbons (Fsp3) is 0.500. The molecule has 0 amide bonds. The first-order valence-electron chi connectivity index (χ1n) is 3.30. The van der Waals surface area contributed by atoms with Crippen LogP contribution in [0.1, 0.15) is 19.8 Å². The van der Waals surface area contributed by atoms with Crippen molar-refractivity contribution in [3.05, 3.63) is 24.1 Å². The van der Waals surface area contributed by atoms with Gasteiger partial charge in [0.25, 0.3) is 0 Å². The zero-order valence-corrected chi connectivity index (χ0v) is 5.60. The van der Waals surface area contributed by atoms with E-state index in [1.54, 1.807) is 6.08 Å². The maximum Gasteiger partial charge on any atom is 0.0997 e. The van der Waals surface area contributed by atoms with Crippen molar-refractivity contribution in [1.82, 2.24) is 0 Å². The molecule has 0 saturated carbocycles. The summed E-state index contributed by atoms with van der Waals surface area (Å²) in [4.78, 5) is 0. The molecule has 9 heavy (non-hydrogen) atoms. The lowest BCUT2D eigenvalue weighted by Crippen LogP contribution is -1.82. The molecule has 0 saturated heterocycles. The number of halogens is 1. The van der Waals surface area contributed by atoms with Crippen LogP contribution in [0.3, 0.4) is 0 Å². The van der Waals surface area contributed by atoms with Crippen LogP contribution in [0.25, 0.3) is 0 Å². The van der Waals surface area contributed by atoms with E-state index in [4.69, 9.17) is 0 Å². The lowest BCUT2D eigenvalue weighted by Gasteiger charge is -1.95. The molecule has 50 valence electrons. The van der Waals surface area contributed by atoms with E-state index in [0.717, 1.165) is 6.42 Å². The van der Waals surface area contributed by atoms with Gasteiger partial charge in [0.2, 0.25) is 0 Å². The molecular formula is C8H11F. The third kappa shape index (κ3) is 2.00. The van der Waals surface area contributed by atoms with E-state index >= 15 is 0 Å². The number of allylic oxidation sites excluding steroid dienone is 4. The molecule has 0 bridgehead atoms. The Balaban J connectivity index is 2.57. The molecule has 1 unspecified atom stereocenters. The Labute approximate surface area is 55.1 Å². The Morgan fingerprint density at radius 1 is 1.67 bits per heavy atom. The van der Waals surface area contributed by atoms with E-state index in [0.29, 0.717) is 12.3 Å². The van der Waals surface area contributed by atoms with Crippen molar-refractivity contribution in [1.29, 1.82) is 0 Å². The van der Waals surface area contributed by atoms with Gasteiger partial charge in [0.1, 0.15) is 0 Å². The van der Waals surface area contributed by atoms with Crippen LogP contribution in [0.5, 0.6) is 0 Å². The van der Waals surface area contributed by atoms with Crippen molar-refractivity contribution < 1.29 is 4.39 Å². The molecule has 0 aromatic rings. The Hall–Kier alpha value is -0.590. The SMILES string of the molecule is CC1C=CCC(F)=CC1. The molecule has 0 heterocycles. The van der Waals surface area contributed by atoms with Gasteiger partial charge in [-0.3, -0.25) is 0 Å². The molecule has 0 N–H and O–H groups in total. The van der Waals surface area contributed by atoms with Gasteiger partial charge in [0, 0.05) is 6.42 Å². The first-order valence-corrected chi connectivity index (χ1v) is 3.30. The van der Waals surface area contributed by atoms with E-state index in [1.165, 1.54) is 0 Å². The van der Waals surface area contributed by atoms with Crippen LogP contribution in [0.15, 0.2) is 24.1 Å². The molecule has 0 aromatic carbocycles. The van der Waals surface area contributed by atoms with Gasteiger partial charge in [0.15, 0.2) is 0 Å². The number of hydrogen-bond donors (Lipinski definition) is 0. The van der Waals surface area contributed by atoms with Gasteiger partial charge in [-0.2, -0.15) is 0 Å². The predicted octanol–water partition coefficient (Wildman–Crippen LogP) is 2.83. The maximum atomic E-state index is 12.4. The van der Waals surface area contributed by atoms with E-state index in [9.17, 15) is 4.39 Å². The van der Waals surface area contributed by atoms with Crippen LogP contribution in [0.2, 0.25) is 0 Å². The van der Waals surface area contributed by atoms with Gasteiger partial charge < -0.3 is 0 Å². The van der Waals surface area contributed by atoms with Crippen molar-refractivity contribution in [2.45, 2.75) is 19.8 Å². The lowest BCUT2D eigenvalue weighted by atomic mass is 10.1. The number of hydrogen-bond acceptors (Lipinski definition) is 0. The van der Waals surface area contributed by atoms with Crippen molar-refractivity contribution in [2.24, 2.45) is 5.92 Å². The Morgan fingerprint density at radius 2 is 2.44 bits per heavy atom. The van der Waals surface area contributed by atoms with Crippen molar-refractivity contribution >= 4 is 0 Å². The summed E-state index contributed by atoms with van der Waals surface area (Å²) in [6, 6.07) is 0. The Bertz CT molecular complexity index is 145. The van der Waals surface area contributed by atoms with Crippen LogP contribution in [0, 0.1) is 5.92 Å². The second-order valence-corrected chi connectivity index (χ2v) is 2.50. The largest absolute Gasteiger partial charge is 0.212 e. The Morgan fingerprint density at radius 3 is 3.22 bits per heavy atom. The van der Waals surface area contributed by atoms with Crippen molar-refractivity contribution in [2.75, 3.05) is 0 Å². The minimum atomic E-state index is 0.00981. The fourth-order valence-corrected chi connectivity index (χ4v) is 0.889. The second kappa shape index (κ2) is 2.81. The summed E-state index contributed by atoms with van der Waals surface area (Å²) in [6.07, 6.45) is 6.96.